The fourth-order valence-corrected chi connectivity index (χ4v) is 1.96. The highest BCUT2D eigenvalue weighted by atomic mass is 16.5. The molecule has 2 atom stereocenters. The Bertz CT molecular complexity index is 245. The number of likely N-dealkylation sites (N-methyl/N-ethyl adjacent to an activating group) is 1. The molecule has 0 aromatic carbocycles. The summed E-state index contributed by atoms with van der Waals surface area (Å²) in [5, 5.41) is 3.21. The Morgan fingerprint density at radius 2 is 1.95 bits per heavy atom. The number of ether oxygens (including phenoxy) is 1. The zero-order chi connectivity index (χ0) is 14.8. The molecule has 0 aromatic heterocycles. The average molecular weight is 273 g/mol. The van der Waals surface area contributed by atoms with Crippen LogP contribution in [0, 0.1) is 5.92 Å². The van der Waals surface area contributed by atoms with Gasteiger partial charge in [0.2, 0.25) is 5.96 Å². The van der Waals surface area contributed by atoms with Gasteiger partial charge in [-0.1, -0.05) is 13.8 Å². The van der Waals surface area contributed by atoms with Crippen LogP contribution in [0.5, 0.6) is 0 Å². The summed E-state index contributed by atoms with van der Waals surface area (Å²) in [6.45, 7) is 7.95. The van der Waals surface area contributed by atoms with Crippen LogP contribution in [0.2, 0.25) is 0 Å². The van der Waals surface area contributed by atoms with Gasteiger partial charge in [-0.05, 0) is 33.4 Å². The van der Waals surface area contributed by atoms with Crippen LogP contribution in [0.1, 0.15) is 27.2 Å². The van der Waals surface area contributed by atoms with Crippen LogP contribution < -0.4 is 16.6 Å². The Kier molecular flexibility index (Phi) is 9.55. The zero-order valence-electron chi connectivity index (χ0n) is 13.2. The fraction of sp³-hybridized carbons (Fsp3) is 0.923. The molecular formula is C13H31N5O. The van der Waals surface area contributed by atoms with Crippen molar-refractivity contribution in [3.8, 4) is 0 Å². The number of guanidine groups is 1. The van der Waals surface area contributed by atoms with Crippen LogP contribution in [0.15, 0.2) is 4.99 Å². The predicted molar refractivity (Wildman–Crippen MR) is 81.0 cm³/mol. The number of rotatable bonds is 8. The fourth-order valence-electron chi connectivity index (χ4n) is 1.96. The van der Waals surface area contributed by atoms with E-state index in [-0.39, 0.29) is 12.1 Å². The number of methoxy groups -OCH3 is 1. The van der Waals surface area contributed by atoms with Crippen molar-refractivity contribution < 1.29 is 4.74 Å². The van der Waals surface area contributed by atoms with Gasteiger partial charge in [0.1, 0.15) is 0 Å². The Morgan fingerprint density at radius 1 is 1.32 bits per heavy atom. The molecule has 4 N–H and O–H groups in total. The van der Waals surface area contributed by atoms with E-state index in [0.717, 1.165) is 13.0 Å². The lowest BCUT2D eigenvalue weighted by molar-refractivity contribution is 0.179. The lowest BCUT2D eigenvalue weighted by Crippen LogP contribution is -2.48. The number of hydrogen-bond acceptors (Lipinski definition) is 4. The summed E-state index contributed by atoms with van der Waals surface area (Å²) in [5.74, 6) is 6.75. The van der Waals surface area contributed by atoms with Gasteiger partial charge in [0.25, 0.3) is 0 Å². The summed E-state index contributed by atoms with van der Waals surface area (Å²) in [6, 6.07) is 0.391. The summed E-state index contributed by atoms with van der Waals surface area (Å²) in [6.07, 6.45) is 1.03. The molecule has 0 rings (SSSR count). The highest BCUT2D eigenvalue weighted by Gasteiger charge is 2.13. The highest BCUT2D eigenvalue weighted by Crippen LogP contribution is 2.09. The molecule has 0 spiro atoms. The van der Waals surface area contributed by atoms with Crippen molar-refractivity contribution in [2.45, 2.75) is 39.3 Å². The second kappa shape index (κ2) is 10.00. The minimum Gasteiger partial charge on any atom is -0.383 e. The molecule has 2 unspecified atom stereocenters. The summed E-state index contributed by atoms with van der Waals surface area (Å²) >= 11 is 0. The quantitative estimate of drug-likeness (QED) is 0.258. The number of nitrogens with zero attached hydrogens (tertiary/aromatic N) is 2. The van der Waals surface area contributed by atoms with E-state index >= 15 is 0 Å². The van der Waals surface area contributed by atoms with Crippen molar-refractivity contribution in [3.63, 3.8) is 0 Å². The van der Waals surface area contributed by atoms with Crippen molar-refractivity contribution >= 4 is 5.96 Å². The molecule has 6 heteroatoms. The minimum absolute atomic E-state index is 0.166. The first-order chi connectivity index (χ1) is 8.88. The number of aliphatic imine (C=N–C) groups is 1. The van der Waals surface area contributed by atoms with Gasteiger partial charge in [0, 0.05) is 19.7 Å². The minimum atomic E-state index is 0.166. The van der Waals surface area contributed by atoms with Gasteiger partial charge in [0.05, 0.1) is 12.6 Å². The molecular weight excluding hydrogens is 242 g/mol. The molecule has 0 heterocycles. The van der Waals surface area contributed by atoms with Crippen LogP contribution in [0.3, 0.4) is 0 Å². The van der Waals surface area contributed by atoms with Gasteiger partial charge in [-0.25, -0.2) is 10.8 Å². The van der Waals surface area contributed by atoms with E-state index in [1.165, 1.54) is 0 Å². The number of nitrogens with one attached hydrogen (secondary N) is 2. The Labute approximate surface area is 117 Å². The molecule has 114 valence electrons. The molecule has 6 nitrogen and oxygen atoms in total. The van der Waals surface area contributed by atoms with Gasteiger partial charge in [-0.3, -0.25) is 5.43 Å². The summed E-state index contributed by atoms with van der Waals surface area (Å²) in [7, 11) is 5.79. The van der Waals surface area contributed by atoms with Crippen LogP contribution >= 0.6 is 0 Å². The molecule has 0 aliphatic carbocycles. The lowest BCUT2D eigenvalue weighted by Gasteiger charge is -2.22. The summed E-state index contributed by atoms with van der Waals surface area (Å²) < 4.78 is 5.09. The van der Waals surface area contributed by atoms with E-state index in [1.54, 1.807) is 7.11 Å². The Hall–Kier alpha value is -0.850. The highest BCUT2D eigenvalue weighted by molar-refractivity contribution is 5.79. The molecule has 0 radical (unpaired) electrons. The van der Waals surface area contributed by atoms with Crippen molar-refractivity contribution in [2.24, 2.45) is 16.8 Å². The van der Waals surface area contributed by atoms with Gasteiger partial charge in [-0.2, -0.15) is 0 Å². The van der Waals surface area contributed by atoms with E-state index in [0.29, 0.717) is 18.5 Å². The topological polar surface area (TPSA) is 74.9 Å². The van der Waals surface area contributed by atoms with Crippen molar-refractivity contribution in [1.82, 2.24) is 15.6 Å². The monoisotopic (exact) mass is 273 g/mol. The molecule has 0 saturated carbocycles. The summed E-state index contributed by atoms with van der Waals surface area (Å²) in [5.41, 5.74) is 2.63. The molecule has 0 aliphatic heterocycles. The predicted octanol–water partition coefficient (Wildman–Crippen LogP) is 0.407. The van der Waals surface area contributed by atoms with E-state index in [1.807, 2.05) is 6.92 Å². The standard InChI is InChI=1S/C13H31N5O/c1-10(2)7-12(8-18(4)5)16-13(17-14)15-11(3)9-19-6/h10-12H,7-9,14H2,1-6H3,(H2,15,16,17). The smallest absolute Gasteiger partial charge is 0.206 e. The molecule has 0 aromatic rings. The molecule has 0 aliphatic rings. The van der Waals surface area contributed by atoms with E-state index in [9.17, 15) is 0 Å². The maximum atomic E-state index is 5.53. The summed E-state index contributed by atoms with van der Waals surface area (Å²) in [4.78, 5) is 6.81. The van der Waals surface area contributed by atoms with Crippen LogP contribution in [0.25, 0.3) is 0 Å². The molecule has 0 bridgehead atoms. The Morgan fingerprint density at radius 3 is 2.37 bits per heavy atom. The molecule has 19 heavy (non-hydrogen) atoms. The van der Waals surface area contributed by atoms with E-state index in [4.69, 9.17) is 10.6 Å². The maximum Gasteiger partial charge on any atom is 0.206 e. The first-order valence-corrected chi connectivity index (χ1v) is 6.83. The van der Waals surface area contributed by atoms with Crippen molar-refractivity contribution in [2.75, 3.05) is 34.4 Å². The van der Waals surface area contributed by atoms with E-state index in [2.05, 4.69) is 48.6 Å². The van der Waals surface area contributed by atoms with Crippen LogP contribution in [-0.2, 0) is 4.74 Å². The number of hydrogen-bond donors (Lipinski definition) is 3. The number of hydrazine groups is 1. The largest absolute Gasteiger partial charge is 0.383 e. The normalized spacial score (nSPS) is 15.7. The zero-order valence-corrected chi connectivity index (χ0v) is 13.2. The number of nitrogens with two attached hydrogens (primary N) is 1. The van der Waals surface area contributed by atoms with Crippen LogP contribution in [0.4, 0.5) is 0 Å². The second-order valence-electron chi connectivity index (χ2n) is 5.67. The van der Waals surface area contributed by atoms with Crippen molar-refractivity contribution in [1.29, 1.82) is 0 Å². The average Bonchev–Trinajstić information content (AvgIpc) is 2.26. The third-order valence-corrected chi connectivity index (χ3v) is 2.57. The van der Waals surface area contributed by atoms with Crippen molar-refractivity contribution in [3.05, 3.63) is 0 Å². The second-order valence-corrected chi connectivity index (χ2v) is 5.67. The molecule has 0 saturated heterocycles. The third kappa shape index (κ3) is 9.69. The SMILES string of the molecule is COCC(C)NC(=NC(CC(C)C)CN(C)C)NN. The maximum absolute atomic E-state index is 5.53. The van der Waals surface area contributed by atoms with E-state index < -0.39 is 0 Å². The molecule has 0 amide bonds. The molecule has 0 fully saturated rings. The Balaban J connectivity index is 4.63. The van der Waals surface area contributed by atoms with Crippen LogP contribution in [-0.4, -0.2) is 57.3 Å². The van der Waals surface area contributed by atoms with Gasteiger partial charge < -0.3 is 15.0 Å². The third-order valence-electron chi connectivity index (χ3n) is 2.57. The van der Waals surface area contributed by atoms with Gasteiger partial charge in [-0.15, -0.1) is 0 Å². The van der Waals surface area contributed by atoms with Gasteiger partial charge in [0.15, 0.2) is 0 Å². The first kappa shape index (κ1) is 18.1. The lowest BCUT2D eigenvalue weighted by atomic mass is 10.0. The van der Waals surface area contributed by atoms with Gasteiger partial charge >= 0.3 is 0 Å². The first-order valence-electron chi connectivity index (χ1n) is 6.83.